The lowest BCUT2D eigenvalue weighted by molar-refractivity contribution is -0.137. The molecule has 1 fully saturated rings. The molecule has 1 aromatic heterocycles. The first-order valence-corrected chi connectivity index (χ1v) is 13.9. The minimum Gasteiger partial charge on any atom is -0.493 e. The van der Waals surface area contributed by atoms with Crippen molar-refractivity contribution in [2.45, 2.75) is 31.9 Å². The van der Waals surface area contributed by atoms with Gasteiger partial charge in [0, 0.05) is 17.0 Å². The van der Waals surface area contributed by atoms with Gasteiger partial charge in [-0.15, -0.1) is 0 Å². The van der Waals surface area contributed by atoms with Crippen molar-refractivity contribution in [2.75, 3.05) is 33.4 Å². The van der Waals surface area contributed by atoms with Crippen LogP contribution < -0.4 is 15.2 Å². The van der Waals surface area contributed by atoms with Crippen molar-refractivity contribution in [1.29, 1.82) is 0 Å². The summed E-state index contributed by atoms with van der Waals surface area (Å²) < 4.78 is 50.9. The van der Waals surface area contributed by atoms with Gasteiger partial charge in [-0.25, -0.2) is 9.97 Å². The van der Waals surface area contributed by atoms with Crippen LogP contribution in [0.3, 0.4) is 0 Å². The number of ether oxygens (including phenoxy) is 2. The molecule has 7 nitrogen and oxygen atoms in total. The van der Waals surface area contributed by atoms with E-state index in [0.717, 1.165) is 55.6 Å². The monoisotopic (exact) mass is 578 g/mol. The SMILES string of the molecule is CCN1CCC(COc2cc3ncnc(-c4ccc(C(C(N)=O)c5ccc(C(F)(F)F)cc5)cc4)c3cc2OC)CC1. The van der Waals surface area contributed by atoms with Crippen molar-refractivity contribution in [3.63, 3.8) is 0 Å². The number of methoxy groups -OCH3 is 1. The molecular weight excluding hydrogens is 545 g/mol. The predicted molar refractivity (Wildman–Crippen MR) is 154 cm³/mol. The van der Waals surface area contributed by atoms with Crippen molar-refractivity contribution in [2.24, 2.45) is 11.7 Å². The second-order valence-corrected chi connectivity index (χ2v) is 10.5. The first-order valence-electron chi connectivity index (χ1n) is 13.9. The fraction of sp³-hybridized carbons (Fsp3) is 0.344. The maximum absolute atomic E-state index is 13.0. The maximum Gasteiger partial charge on any atom is 0.416 e. The topological polar surface area (TPSA) is 90.6 Å². The van der Waals surface area contributed by atoms with Crippen LogP contribution in [0.4, 0.5) is 13.2 Å². The van der Waals surface area contributed by atoms with Crippen molar-refractivity contribution in [3.8, 4) is 22.8 Å². The molecule has 42 heavy (non-hydrogen) atoms. The first-order chi connectivity index (χ1) is 20.2. The lowest BCUT2D eigenvalue weighted by atomic mass is 9.89. The molecule has 4 aromatic rings. The largest absolute Gasteiger partial charge is 0.493 e. The van der Waals surface area contributed by atoms with Gasteiger partial charge in [0.15, 0.2) is 11.5 Å². The summed E-state index contributed by atoms with van der Waals surface area (Å²) >= 11 is 0. The van der Waals surface area contributed by atoms with Crippen LogP contribution in [-0.4, -0.2) is 54.1 Å². The molecule has 0 spiro atoms. The number of hydrogen-bond donors (Lipinski definition) is 1. The van der Waals surface area contributed by atoms with E-state index in [1.807, 2.05) is 12.1 Å². The molecule has 1 unspecified atom stereocenters. The third-order valence-corrected chi connectivity index (χ3v) is 7.92. The van der Waals surface area contributed by atoms with Gasteiger partial charge < -0.3 is 20.1 Å². The molecule has 10 heteroatoms. The zero-order valence-electron chi connectivity index (χ0n) is 23.5. The molecule has 2 heterocycles. The summed E-state index contributed by atoms with van der Waals surface area (Å²) in [7, 11) is 1.59. The number of carbonyl (C=O) groups excluding carboxylic acids is 1. The van der Waals surface area contributed by atoms with Gasteiger partial charge in [0.2, 0.25) is 5.91 Å². The number of piperidine rings is 1. The number of primary amides is 1. The molecule has 1 atom stereocenters. The number of fused-ring (bicyclic) bond motifs is 1. The van der Waals surface area contributed by atoms with E-state index in [9.17, 15) is 18.0 Å². The van der Waals surface area contributed by atoms with Crippen LogP contribution in [-0.2, 0) is 11.0 Å². The van der Waals surface area contributed by atoms with Crippen LogP contribution in [0.1, 0.15) is 42.4 Å². The number of benzene rings is 3. The number of nitrogens with two attached hydrogens (primary N) is 1. The van der Waals surface area contributed by atoms with Gasteiger partial charge in [-0.2, -0.15) is 13.2 Å². The summed E-state index contributed by atoms with van der Waals surface area (Å²) in [5.74, 6) is 0.126. The normalized spacial score (nSPS) is 15.5. The molecule has 0 aliphatic carbocycles. The van der Waals surface area contributed by atoms with Gasteiger partial charge in [0.1, 0.15) is 6.33 Å². The molecule has 0 saturated carbocycles. The third kappa shape index (κ3) is 6.33. The number of hydrogen-bond acceptors (Lipinski definition) is 6. The Kier molecular flexibility index (Phi) is 8.63. The molecule has 2 N–H and O–H groups in total. The third-order valence-electron chi connectivity index (χ3n) is 7.92. The number of aromatic nitrogens is 2. The van der Waals surface area contributed by atoms with E-state index in [-0.39, 0.29) is 0 Å². The average molecular weight is 579 g/mol. The fourth-order valence-electron chi connectivity index (χ4n) is 5.46. The van der Waals surface area contributed by atoms with Gasteiger partial charge in [-0.05, 0) is 67.7 Å². The highest BCUT2D eigenvalue weighted by Crippen LogP contribution is 2.37. The lowest BCUT2D eigenvalue weighted by Crippen LogP contribution is -2.35. The van der Waals surface area contributed by atoms with Gasteiger partial charge in [0.05, 0.1) is 36.4 Å². The molecule has 0 radical (unpaired) electrons. The number of halogens is 3. The summed E-state index contributed by atoms with van der Waals surface area (Å²) in [6.07, 6.45) is -0.787. The van der Waals surface area contributed by atoms with Crippen LogP contribution in [0.5, 0.6) is 11.5 Å². The zero-order valence-corrected chi connectivity index (χ0v) is 23.5. The van der Waals surface area contributed by atoms with Crippen LogP contribution >= 0.6 is 0 Å². The number of nitrogens with zero attached hydrogens (tertiary/aromatic N) is 3. The maximum atomic E-state index is 13.0. The summed E-state index contributed by atoms with van der Waals surface area (Å²) in [5.41, 5.74) is 7.94. The van der Waals surface area contributed by atoms with Gasteiger partial charge in [-0.3, -0.25) is 4.79 Å². The average Bonchev–Trinajstić information content (AvgIpc) is 2.99. The Morgan fingerprint density at radius 3 is 2.21 bits per heavy atom. The predicted octanol–water partition coefficient (Wildman–Crippen LogP) is 6.05. The Balaban J connectivity index is 1.39. The molecule has 1 amide bonds. The molecule has 1 saturated heterocycles. The Labute approximate surface area is 242 Å². The quantitative estimate of drug-likeness (QED) is 0.260. The number of amides is 1. The number of alkyl halides is 3. The van der Waals surface area contributed by atoms with Crippen LogP contribution in [0.25, 0.3) is 22.2 Å². The van der Waals surface area contributed by atoms with E-state index < -0.39 is 23.6 Å². The number of likely N-dealkylation sites (tertiary alicyclic amines) is 1. The van der Waals surface area contributed by atoms with E-state index >= 15 is 0 Å². The molecule has 3 aromatic carbocycles. The highest BCUT2D eigenvalue weighted by Gasteiger charge is 2.31. The van der Waals surface area contributed by atoms with Crippen LogP contribution in [0.2, 0.25) is 0 Å². The van der Waals surface area contributed by atoms with Crippen LogP contribution in [0, 0.1) is 5.92 Å². The summed E-state index contributed by atoms with van der Waals surface area (Å²) in [5, 5.41) is 0.764. The van der Waals surface area contributed by atoms with Crippen molar-refractivity contribution >= 4 is 16.8 Å². The summed E-state index contributed by atoms with van der Waals surface area (Å²) in [6.45, 7) is 6.03. The zero-order chi connectivity index (χ0) is 29.9. The highest BCUT2D eigenvalue weighted by atomic mass is 19.4. The highest BCUT2D eigenvalue weighted by molar-refractivity contribution is 5.94. The second kappa shape index (κ2) is 12.4. The van der Waals surface area contributed by atoms with E-state index in [1.165, 1.54) is 18.5 Å². The molecular formula is C32H33F3N4O3. The van der Waals surface area contributed by atoms with E-state index in [4.69, 9.17) is 15.2 Å². The Hall–Kier alpha value is -4.18. The molecule has 220 valence electrons. The van der Waals surface area contributed by atoms with Gasteiger partial charge >= 0.3 is 6.18 Å². The molecule has 0 bridgehead atoms. The molecule has 1 aliphatic rings. The smallest absolute Gasteiger partial charge is 0.416 e. The summed E-state index contributed by atoms with van der Waals surface area (Å²) in [4.78, 5) is 23.8. The Bertz CT molecular complexity index is 1530. The van der Waals surface area contributed by atoms with Crippen molar-refractivity contribution in [1.82, 2.24) is 14.9 Å². The minimum atomic E-state index is -4.47. The first kappa shape index (κ1) is 29.3. The fourth-order valence-corrected chi connectivity index (χ4v) is 5.46. The Morgan fingerprint density at radius 2 is 1.64 bits per heavy atom. The minimum absolute atomic E-state index is 0.379. The summed E-state index contributed by atoms with van der Waals surface area (Å²) in [6, 6.07) is 15.3. The van der Waals surface area contributed by atoms with Crippen LogP contribution in [0.15, 0.2) is 67.0 Å². The van der Waals surface area contributed by atoms with Crippen molar-refractivity contribution < 1.29 is 27.4 Å². The van der Waals surface area contributed by atoms with E-state index in [0.29, 0.717) is 46.4 Å². The molecule has 5 rings (SSSR count). The van der Waals surface area contributed by atoms with Crippen molar-refractivity contribution in [3.05, 3.63) is 83.7 Å². The lowest BCUT2D eigenvalue weighted by Gasteiger charge is -2.30. The van der Waals surface area contributed by atoms with Gasteiger partial charge in [0.25, 0.3) is 0 Å². The van der Waals surface area contributed by atoms with E-state index in [1.54, 1.807) is 31.4 Å². The standard InChI is InChI=1S/C32H33F3N4O3/c1-3-39-14-12-20(13-15-39)18-42-28-17-26-25(16-27(28)41-2)30(38-19-37-26)23-6-4-21(5-7-23)29(31(36)40)22-8-10-24(11-9-22)32(33,34)35/h4-11,16-17,19-20,29H,3,12-15,18H2,1-2H3,(H2,36,40). The van der Waals surface area contributed by atoms with E-state index in [2.05, 4.69) is 21.8 Å². The molecule has 1 aliphatic heterocycles. The second-order valence-electron chi connectivity index (χ2n) is 10.5. The number of rotatable bonds is 9. The number of carbonyl (C=O) groups is 1. The van der Waals surface area contributed by atoms with Gasteiger partial charge in [-0.1, -0.05) is 43.3 Å². The Morgan fingerprint density at radius 1 is 1.00 bits per heavy atom.